The Morgan fingerprint density at radius 2 is 1.91 bits per heavy atom. The van der Waals surface area contributed by atoms with E-state index in [1.807, 2.05) is 18.2 Å². The largest absolute Gasteiger partial charge is 0.327 e. The number of hydrogen-bond acceptors (Lipinski definition) is 4. The van der Waals surface area contributed by atoms with Gasteiger partial charge in [-0.1, -0.05) is 29.5 Å². The number of carbonyl (C=O) groups is 1. The maximum atomic E-state index is 12.2. The topological polar surface area (TPSA) is 68.0 Å². The van der Waals surface area contributed by atoms with E-state index >= 15 is 0 Å². The summed E-state index contributed by atoms with van der Waals surface area (Å²) in [5.74, 6) is -0.130. The van der Waals surface area contributed by atoms with Crippen molar-refractivity contribution < 1.29 is 4.79 Å². The quantitative estimate of drug-likeness (QED) is 0.764. The maximum absolute atomic E-state index is 12.2. The van der Waals surface area contributed by atoms with Crippen LogP contribution in [0.15, 0.2) is 42.5 Å². The Morgan fingerprint density at radius 3 is 2.68 bits per heavy atom. The number of thiazole rings is 1. The molecule has 0 unspecified atom stereocenters. The molecule has 1 atom stereocenters. The van der Waals surface area contributed by atoms with Gasteiger partial charge in [-0.3, -0.25) is 10.1 Å². The molecule has 2 aromatic carbocycles. The molecular formula is C17H15N3OS. The first-order valence-corrected chi connectivity index (χ1v) is 8.05. The van der Waals surface area contributed by atoms with Gasteiger partial charge in [-0.25, -0.2) is 4.98 Å². The van der Waals surface area contributed by atoms with Crippen LogP contribution in [0.1, 0.15) is 21.5 Å². The van der Waals surface area contributed by atoms with Crippen molar-refractivity contribution in [3.63, 3.8) is 0 Å². The van der Waals surface area contributed by atoms with Gasteiger partial charge in [-0.2, -0.15) is 0 Å². The molecule has 1 aliphatic carbocycles. The second-order valence-corrected chi connectivity index (χ2v) is 6.63. The molecule has 3 aromatic rings. The number of nitrogens with zero attached hydrogens (tertiary/aromatic N) is 1. The standard InChI is InChI=1S/C17H15N3OS/c18-13-6-11-8-14-15(9-12(11)7-13)22-17(19-14)20-16(21)10-4-2-1-3-5-10/h1-5,8-9,13H,6-7,18H2,(H,19,20,21)/t13-/m1/s1. The number of hydrogen-bond donors (Lipinski definition) is 2. The zero-order chi connectivity index (χ0) is 15.1. The first-order valence-electron chi connectivity index (χ1n) is 7.23. The molecule has 0 saturated carbocycles. The highest BCUT2D eigenvalue weighted by atomic mass is 32.1. The van der Waals surface area contributed by atoms with Crippen molar-refractivity contribution in [1.82, 2.24) is 4.98 Å². The molecule has 1 aliphatic rings. The van der Waals surface area contributed by atoms with Crippen molar-refractivity contribution >= 4 is 32.6 Å². The fraction of sp³-hybridized carbons (Fsp3) is 0.176. The second-order valence-electron chi connectivity index (χ2n) is 5.60. The summed E-state index contributed by atoms with van der Waals surface area (Å²) in [6, 6.07) is 13.7. The zero-order valence-corrected chi connectivity index (χ0v) is 12.7. The predicted molar refractivity (Wildman–Crippen MR) is 89.4 cm³/mol. The van der Waals surface area contributed by atoms with E-state index in [4.69, 9.17) is 5.73 Å². The highest BCUT2D eigenvalue weighted by Gasteiger charge is 2.20. The average Bonchev–Trinajstić information content (AvgIpc) is 3.06. The van der Waals surface area contributed by atoms with Crippen LogP contribution in [0, 0.1) is 0 Å². The van der Waals surface area contributed by atoms with E-state index in [9.17, 15) is 4.79 Å². The molecule has 5 heteroatoms. The number of nitrogens with two attached hydrogens (primary N) is 1. The van der Waals surface area contributed by atoms with Crippen molar-refractivity contribution in [2.45, 2.75) is 18.9 Å². The van der Waals surface area contributed by atoms with Crippen molar-refractivity contribution in [2.24, 2.45) is 5.73 Å². The van der Waals surface area contributed by atoms with Crippen LogP contribution in [0.5, 0.6) is 0 Å². The Hall–Kier alpha value is -2.24. The Bertz CT molecular complexity index is 814. The highest BCUT2D eigenvalue weighted by molar-refractivity contribution is 7.22. The van der Waals surface area contributed by atoms with E-state index in [-0.39, 0.29) is 11.9 Å². The molecule has 110 valence electrons. The van der Waals surface area contributed by atoms with Gasteiger partial charge in [0.2, 0.25) is 0 Å². The molecule has 0 aliphatic heterocycles. The molecule has 0 saturated heterocycles. The third-order valence-corrected chi connectivity index (χ3v) is 4.86. The predicted octanol–water partition coefficient (Wildman–Crippen LogP) is 2.97. The van der Waals surface area contributed by atoms with E-state index in [2.05, 4.69) is 22.4 Å². The molecule has 3 N–H and O–H groups in total. The van der Waals surface area contributed by atoms with Crippen LogP contribution < -0.4 is 11.1 Å². The third kappa shape index (κ3) is 2.38. The summed E-state index contributed by atoms with van der Waals surface area (Å²) in [5, 5.41) is 3.51. The van der Waals surface area contributed by atoms with Crippen molar-refractivity contribution in [2.75, 3.05) is 5.32 Å². The number of rotatable bonds is 2. The normalized spacial score (nSPS) is 16.7. The fourth-order valence-electron chi connectivity index (χ4n) is 2.89. The van der Waals surface area contributed by atoms with Gasteiger partial charge < -0.3 is 5.73 Å². The van der Waals surface area contributed by atoms with E-state index in [1.54, 1.807) is 12.1 Å². The van der Waals surface area contributed by atoms with Crippen molar-refractivity contribution in [3.05, 3.63) is 59.2 Å². The van der Waals surface area contributed by atoms with Crippen LogP contribution in [-0.4, -0.2) is 16.9 Å². The average molecular weight is 309 g/mol. The van der Waals surface area contributed by atoms with Crippen molar-refractivity contribution in [1.29, 1.82) is 0 Å². The third-order valence-electron chi connectivity index (χ3n) is 3.93. The molecule has 0 fully saturated rings. The first kappa shape index (κ1) is 13.4. The molecule has 1 heterocycles. The minimum absolute atomic E-state index is 0.130. The van der Waals surface area contributed by atoms with Crippen LogP contribution in [0.2, 0.25) is 0 Å². The van der Waals surface area contributed by atoms with Crippen LogP contribution in [0.4, 0.5) is 5.13 Å². The molecule has 0 spiro atoms. The van der Waals surface area contributed by atoms with E-state index < -0.39 is 0 Å². The number of amides is 1. The number of carbonyl (C=O) groups excluding carboxylic acids is 1. The van der Waals surface area contributed by atoms with Gasteiger partial charge in [-0.15, -0.1) is 0 Å². The van der Waals surface area contributed by atoms with E-state index in [0.29, 0.717) is 10.7 Å². The Balaban J connectivity index is 1.63. The van der Waals surface area contributed by atoms with Crippen LogP contribution >= 0.6 is 11.3 Å². The van der Waals surface area contributed by atoms with Crippen LogP contribution in [0.25, 0.3) is 10.2 Å². The minimum Gasteiger partial charge on any atom is -0.327 e. The van der Waals surface area contributed by atoms with Gasteiger partial charge in [0.1, 0.15) is 0 Å². The summed E-state index contributed by atoms with van der Waals surface area (Å²) in [4.78, 5) is 16.7. The molecule has 1 amide bonds. The summed E-state index contributed by atoms with van der Waals surface area (Å²) < 4.78 is 1.09. The number of fused-ring (bicyclic) bond motifs is 2. The summed E-state index contributed by atoms with van der Waals surface area (Å²) in [7, 11) is 0. The Kier molecular flexibility index (Phi) is 3.17. The van der Waals surface area contributed by atoms with Crippen LogP contribution in [-0.2, 0) is 12.8 Å². The SMILES string of the molecule is N[C@@H]1Cc2cc3nc(NC(=O)c4ccccc4)sc3cc2C1. The van der Waals surface area contributed by atoms with E-state index in [0.717, 1.165) is 23.1 Å². The van der Waals surface area contributed by atoms with E-state index in [1.165, 1.54) is 22.5 Å². The van der Waals surface area contributed by atoms with Gasteiger partial charge in [0.25, 0.3) is 5.91 Å². The number of nitrogens with one attached hydrogen (secondary N) is 1. The Labute approximate surface area is 132 Å². The lowest BCUT2D eigenvalue weighted by molar-refractivity contribution is 0.102. The molecule has 4 rings (SSSR count). The van der Waals surface area contributed by atoms with Crippen molar-refractivity contribution in [3.8, 4) is 0 Å². The number of anilines is 1. The Morgan fingerprint density at radius 1 is 1.18 bits per heavy atom. The minimum atomic E-state index is -0.130. The van der Waals surface area contributed by atoms with Gasteiger partial charge in [0, 0.05) is 11.6 Å². The molecule has 1 aromatic heterocycles. The van der Waals surface area contributed by atoms with Gasteiger partial charge in [0.05, 0.1) is 10.2 Å². The summed E-state index contributed by atoms with van der Waals surface area (Å²) >= 11 is 1.50. The summed E-state index contributed by atoms with van der Waals surface area (Å²) in [6.07, 6.45) is 1.84. The monoisotopic (exact) mass is 309 g/mol. The van der Waals surface area contributed by atoms with Gasteiger partial charge >= 0.3 is 0 Å². The smallest absolute Gasteiger partial charge is 0.257 e. The van der Waals surface area contributed by atoms with Crippen LogP contribution in [0.3, 0.4) is 0 Å². The number of benzene rings is 2. The summed E-state index contributed by atoms with van der Waals surface area (Å²) in [5.41, 5.74) is 10.2. The lowest BCUT2D eigenvalue weighted by atomic mass is 10.1. The molecule has 4 nitrogen and oxygen atoms in total. The highest BCUT2D eigenvalue weighted by Crippen LogP contribution is 2.32. The lowest BCUT2D eigenvalue weighted by Crippen LogP contribution is -2.18. The molecule has 0 bridgehead atoms. The fourth-order valence-corrected chi connectivity index (χ4v) is 3.80. The molecular weight excluding hydrogens is 294 g/mol. The van der Waals surface area contributed by atoms with Gasteiger partial charge in [-0.05, 0) is 48.2 Å². The maximum Gasteiger partial charge on any atom is 0.257 e. The number of aromatic nitrogens is 1. The molecule has 0 radical (unpaired) electrons. The molecule has 22 heavy (non-hydrogen) atoms. The second kappa shape index (κ2) is 5.19. The lowest BCUT2D eigenvalue weighted by Gasteiger charge is -2.00. The zero-order valence-electron chi connectivity index (χ0n) is 11.9. The first-order chi connectivity index (χ1) is 10.7. The summed E-state index contributed by atoms with van der Waals surface area (Å²) in [6.45, 7) is 0. The van der Waals surface area contributed by atoms with Gasteiger partial charge in [0.15, 0.2) is 5.13 Å².